The summed E-state index contributed by atoms with van der Waals surface area (Å²) >= 11 is 0. The van der Waals surface area contributed by atoms with Crippen molar-refractivity contribution in [2.45, 2.75) is 12.1 Å². The fraction of sp³-hybridized carbons (Fsp3) is 0.154. The van der Waals surface area contributed by atoms with Gasteiger partial charge in [0.05, 0.1) is 23.6 Å². The minimum Gasteiger partial charge on any atom is -0.461 e. The number of halogens is 3. The highest BCUT2D eigenvalue weighted by Crippen LogP contribution is 2.29. The molecule has 2 aromatic rings. The first-order chi connectivity index (χ1) is 9.43. The number of alkyl halides is 3. The van der Waals surface area contributed by atoms with Crippen molar-refractivity contribution in [1.29, 1.82) is 5.26 Å². The lowest BCUT2D eigenvalue weighted by molar-refractivity contribution is -0.137. The smallest absolute Gasteiger partial charge is 0.417 e. The van der Waals surface area contributed by atoms with Crippen LogP contribution < -0.4 is 0 Å². The van der Waals surface area contributed by atoms with Gasteiger partial charge in [0.15, 0.2) is 11.7 Å². The molecular formula is C13H7F3N2O2. The quantitative estimate of drug-likeness (QED) is 0.810. The third-order valence-corrected chi connectivity index (χ3v) is 2.56. The standard InChI is InChI=1S/C13H7F3N2O2/c14-13(15,16)8-3-4-10(18-7-8)9(6-17)12(19)11-2-1-5-20-11/h1-5,7,9H/t9-/m1/s1. The predicted molar refractivity (Wildman–Crippen MR) is 60.6 cm³/mol. The van der Waals surface area contributed by atoms with E-state index in [0.717, 1.165) is 12.1 Å². The zero-order chi connectivity index (χ0) is 14.8. The zero-order valence-electron chi connectivity index (χ0n) is 9.89. The van der Waals surface area contributed by atoms with Crippen LogP contribution in [0.4, 0.5) is 13.2 Å². The van der Waals surface area contributed by atoms with Crippen molar-refractivity contribution < 1.29 is 22.4 Å². The molecule has 0 spiro atoms. The molecule has 0 saturated carbocycles. The van der Waals surface area contributed by atoms with E-state index in [2.05, 4.69) is 4.98 Å². The molecule has 0 aliphatic rings. The van der Waals surface area contributed by atoms with E-state index in [0.29, 0.717) is 6.20 Å². The van der Waals surface area contributed by atoms with Crippen LogP contribution in [-0.2, 0) is 6.18 Å². The average Bonchev–Trinajstić information content (AvgIpc) is 2.93. The Hall–Kier alpha value is -2.62. The summed E-state index contributed by atoms with van der Waals surface area (Å²) in [5.41, 5.74) is -0.995. The number of hydrogen-bond acceptors (Lipinski definition) is 4. The molecule has 4 nitrogen and oxygen atoms in total. The summed E-state index contributed by atoms with van der Waals surface area (Å²) in [7, 11) is 0. The number of rotatable bonds is 3. The van der Waals surface area contributed by atoms with Crippen molar-refractivity contribution in [2.75, 3.05) is 0 Å². The Morgan fingerprint density at radius 2 is 2.10 bits per heavy atom. The van der Waals surface area contributed by atoms with Gasteiger partial charge < -0.3 is 4.42 Å². The Labute approximate surface area is 111 Å². The van der Waals surface area contributed by atoms with Crippen LogP contribution >= 0.6 is 0 Å². The largest absolute Gasteiger partial charge is 0.461 e. The Morgan fingerprint density at radius 3 is 2.55 bits per heavy atom. The second-order valence-corrected chi connectivity index (χ2v) is 3.87. The summed E-state index contributed by atoms with van der Waals surface area (Å²) in [5, 5.41) is 9.00. The number of Topliss-reactive ketones (excluding diaryl/α,β-unsaturated/α-hetero) is 1. The molecule has 0 N–H and O–H groups in total. The molecule has 20 heavy (non-hydrogen) atoms. The molecule has 7 heteroatoms. The van der Waals surface area contributed by atoms with E-state index >= 15 is 0 Å². The number of pyridine rings is 1. The molecule has 0 bridgehead atoms. The molecule has 0 aliphatic heterocycles. The van der Waals surface area contributed by atoms with E-state index in [1.165, 1.54) is 18.4 Å². The molecule has 102 valence electrons. The van der Waals surface area contributed by atoms with E-state index in [9.17, 15) is 18.0 Å². The van der Waals surface area contributed by atoms with Gasteiger partial charge in [-0.05, 0) is 24.3 Å². The van der Waals surface area contributed by atoms with Gasteiger partial charge in [0.2, 0.25) is 5.78 Å². The lowest BCUT2D eigenvalue weighted by Gasteiger charge is -2.09. The van der Waals surface area contributed by atoms with Crippen molar-refractivity contribution in [3.05, 3.63) is 53.7 Å². The molecule has 0 fully saturated rings. The molecule has 0 aliphatic carbocycles. The molecular weight excluding hydrogens is 273 g/mol. The Balaban J connectivity index is 2.30. The molecule has 2 heterocycles. The summed E-state index contributed by atoms with van der Waals surface area (Å²) in [5.74, 6) is -1.99. The van der Waals surface area contributed by atoms with Gasteiger partial charge in [0.1, 0.15) is 0 Å². The van der Waals surface area contributed by atoms with Crippen LogP contribution in [0.15, 0.2) is 41.1 Å². The van der Waals surface area contributed by atoms with Gasteiger partial charge in [-0.15, -0.1) is 0 Å². The number of carbonyl (C=O) groups is 1. The fourth-order valence-corrected chi connectivity index (χ4v) is 1.56. The van der Waals surface area contributed by atoms with Crippen LogP contribution in [0.5, 0.6) is 0 Å². The van der Waals surface area contributed by atoms with Crippen LogP contribution in [0.25, 0.3) is 0 Å². The van der Waals surface area contributed by atoms with E-state index in [1.807, 2.05) is 0 Å². The zero-order valence-corrected chi connectivity index (χ0v) is 9.89. The molecule has 0 saturated heterocycles. The second kappa shape index (κ2) is 5.17. The van der Waals surface area contributed by atoms with E-state index < -0.39 is 23.4 Å². The first-order valence-corrected chi connectivity index (χ1v) is 5.44. The fourth-order valence-electron chi connectivity index (χ4n) is 1.56. The lowest BCUT2D eigenvalue weighted by Crippen LogP contribution is -2.13. The monoisotopic (exact) mass is 280 g/mol. The van der Waals surface area contributed by atoms with Gasteiger partial charge in [-0.3, -0.25) is 9.78 Å². The van der Waals surface area contributed by atoms with Crippen molar-refractivity contribution in [2.24, 2.45) is 0 Å². The van der Waals surface area contributed by atoms with Crippen molar-refractivity contribution in [1.82, 2.24) is 4.98 Å². The van der Waals surface area contributed by atoms with Crippen LogP contribution in [-0.4, -0.2) is 10.8 Å². The van der Waals surface area contributed by atoms with Gasteiger partial charge in [0, 0.05) is 6.20 Å². The highest BCUT2D eigenvalue weighted by atomic mass is 19.4. The highest BCUT2D eigenvalue weighted by Gasteiger charge is 2.32. The number of nitriles is 1. The molecule has 2 rings (SSSR count). The maximum absolute atomic E-state index is 12.4. The number of furan rings is 1. The third kappa shape index (κ3) is 2.69. The maximum Gasteiger partial charge on any atom is 0.417 e. The molecule has 0 radical (unpaired) electrons. The maximum atomic E-state index is 12.4. The average molecular weight is 280 g/mol. The number of carbonyl (C=O) groups excluding carboxylic acids is 1. The summed E-state index contributed by atoms with van der Waals surface area (Å²) in [6, 6.07) is 6.35. The van der Waals surface area contributed by atoms with Crippen LogP contribution in [0.3, 0.4) is 0 Å². The predicted octanol–water partition coefficient (Wildman–Crippen LogP) is 3.18. The van der Waals surface area contributed by atoms with Gasteiger partial charge in [-0.25, -0.2) is 0 Å². The summed E-state index contributed by atoms with van der Waals surface area (Å²) in [4.78, 5) is 15.5. The summed E-state index contributed by atoms with van der Waals surface area (Å²) < 4.78 is 42.1. The van der Waals surface area contributed by atoms with E-state index in [4.69, 9.17) is 9.68 Å². The van der Waals surface area contributed by atoms with Crippen molar-refractivity contribution in [3.8, 4) is 6.07 Å². The lowest BCUT2D eigenvalue weighted by atomic mass is 9.99. The van der Waals surface area contributed by atoms with E-state index in [1.54, 1.807) is 6.07 Å². The number of hydrogen-bond donors (Lipinski definition) is 0. The summed E-state index contributed by atoms with van der Waals surface area (Å²) in [6.45, 7) is 0. The first-order valence-electron chi connectivity index (χ1n) is 5.44. The number of nitrogens with zero attached hydrogens (tertiary/aromatic N) is 2. The minimum atomic E-state index is -4.52. The second-order valence-electron chi connectivity index (χ2n) is 3.87. The van der Waals surface area contributed by atoms with Gasteiger partial charge in [-0.1, -0.05) is 0 Å². The van der Waals surface area contributed by atoms with Gasteiger partial charge in [-0.2, -0.15) is 18.4 Å². The van der Waals surface area contributed by atoms with Gasteiger partial charge >= 0.3 is 6.18 Å². The van der Waals surface area contributed by atoms with Crippen LogP contribution in [0.1, 0.15) is 27.7 Å². The number of ketones is 1. The highest BCUT2D eigenvalue weighted by molar-refractivity contribution is 6.00. The van der Waals surface area contributed by atoms with Crippen molar-refractivity contribution >= 4 is 5.78 Å². The molecule has 0 unspecified atom stereocenters. The molecule has 0 aromatic carbocycles. The summed E-state index contributed by atoms with van der Waals surface area (Å²) in [6.07, 6.45) is -2.66. The van der Waals surface area contributed by atoms with E-state index in [-0.39, 0.29) is 11.5 Å². The van der Waals surface area contributed by atoms with Crippen molar-refractivity contribution in [3.63, 3.8) is 0 Å². The Morgan fingerprint density at radius 1 is 1.35 bits per heavy atom. The third-order valence-electron chi connectivity index (χ3n) is 2.56. The normalized spacial score (nSPS) is 12.7. The topological polar surface area (TPSA) is 66.9 Å². The molecule has 0 amide bonds. The molecule has 1 atom stereocenters. The Kier molecular flexibility index (Phi) is 3.57. The first kappa shape index (κ1) is 13.8. The minimum absolute atomic E-state index is 0.0433. The molecule has 2 aromatic heterocycles. The SMILES string of the molecule is N#C[C@@H](C(=O)c1ccco1)c1ccc(C(F)(F)F)cn1. The Bertz CT molecular complexity index is 640. The van der Waals surface area contributed by atoms with Crippen LogP contribution in [0, 0.1) is 11.3 Å². The number of aromatic nitrogens is 1. The van der Waals surface area contributed by atoms with Gasteiger partial charge in [0.25, 0.3) is 0 Å². The van der Waals surface area contributed by atoms with Crippen LogP contribution in [0.2, 0.25) is 0 Å².